The van der Waals surface area contributed by atoms with Crippen LogP contribution in [0.25, 0.3) is 0 Å². The number of rotatable bonds is 5. The summed E-state index contributed by atoms with van der Waals surface area (Å²) in [6, 6.07) is 7.32. The maximum absolute atomic E-state index is 12.5. The third kappa shape index (κ3) is 3.49. The lowest BCUT2D eigenvalue weighted by Crippen LogP contribution is -2.40. The zero-order chi connectivity index (χ0) is 18.0. The fourth-order valence-electron chi connectivity index (χ4n) is 3.52. The van der Waals surface area contributed by atoms with Crippen LogP contribution in [0.4, 0.5) is 0 Å². The van der Waals surface area contributed by atoms with Crippen LogP contribution in [0.2, 0.25) is 0 Å². The highest BCUT2D eigenvalue weighted by molar-refractivity contribution is 6.05. The molecule has 1 fully saturated rings. The van der Waals surface area contributed by atoms with Crippen LogP contribution in [-0.4, -0.2) is 48.3 Å². The molecule has 1 aromatic carbocycles. The van der Waals surface area contributed by atoms with Crippen LogP contribution in [0.1, 0.15) is 28.8 Å². The molecule has 0 bridgehead atoms. The Hall–Kier alpha value is -2.47. The summed E-state index contributed by atoms with van der Waals surface area (Å²) in [7, 11) is 3.48. The lowest BCUT2D eigenvalue weighted by atomic mass is 9.85. The number of fused-ring (bicyclic) bond motifs is 1. The highest BCUT2D eigenvalue weighted by Gasteiger charge is 2.47. The van der Waals surface area contributed by atoms with E-state index in [2.05, 4.69) is 5.32 Å². The lowest BCUT2D eigenvalue weighted by Gasteiger charge is -2.23. The second-order valence-electron chi connectivity index (χ2n) is 6.69. The van der Waals surface area contributed by atoms with Crippen LogP contribution in [-0.2, 0) is 16.1 Å². The largest absolute Gasteiger partial charge is 0.355 e. The molecule has 0 radical (unpaired) electrons. The summed E-state index contributed by atoms with van der Waals surface area (Å²) < 4.78 is 0. The molecule has 132 valence electrons. The second-order valence-corrected chi connectivity index (χ2v) is 6.69. The van der Waals surface area contributed by atoms with Gasteiger partial charge in [-0.05, 0) is 37.6 Å². The first-order valence-corrected chi connectivity index (χ1v) is 8.51. The van der Waals surface area contributed by atoms with Crippen molar-refractivity contribution in [3.8, 4) is 0 Å². The standard InChI is InChI=1S/C19H23N3O3/c1-20-17(23)14-9-7-13(8-10-14)11-21(2)12-22-18(24)15-5-3-4-6-16(15)19(22)25/h3-4,7-10,15-16H,5-6,11-12H2,1-2H3,(H,20,23)/t15-,16+. The van der Waals surface area contributed by atoms with Gasteiger partial charge in [-0.3, -0.25) is 24.2 Å². The zero-order valence-electron chi connectivity index (χ0n) is 14.6. The molecule has 1 aliphatic carbocycles. The van der Waals surface area contributed by atoms with E-state index in [1.54, 1.807) is 19.2 Å². The SMILES string of the molecule is CNC(=O)c1ccc(CN(C)CN2C(=O)[C@H]3CC=CC[C@H]3C2=O)cc1. The predicted octanol–water partition coefficient (Wildman–Crippen LogP) is 1.39. The lowest BCUT2D eigenvalue weighted by molar-refractivity contribution is -0.142. The van der Waals surface area contributed by atoms with E-state index >= 15 is 0 Å². The molecule has 6 heteroatoms. The summed E-state index contributed by atoms with van der Waals surface area (Å²) >= 11 is 0. The monoisotopic (exact) mass is 341 g/mol. The van der Waals surface area contributed by atoms with E-state index in [0.717, 1.165) is 5.56 Å². The van der Waals surface area contributed by atoms with Crippen molar-refractivity contribution >= 4 is 17.7 Å². The first-order valence-electron chi connectivity index (χ1n) is 8.51. The first kappa shape index (κ1) is 17.4. The van der Waals surface area contributed by atoms with E-state index < -0.39 is 0 Å². The molecular formula is C19H23N3O3. The number of allylic oxidation sites excluding steroid dienone is 2. The summed E-state index contributed by atoms with van der Waals surface area (Å²) in [4.78, 5) is 39.9. The van der Waals surface area contributed by atoms with E-state index in [4.69, 9.17) is 0 Å². The number of hydrogen-bond donors (Lipinski definition) is 1. The number of nitrogens with zero attached hydrogens (tertiary/aromatic N) is 2. The van der Waals surface area contributed by atoms with E-state index in [0.29, 0.717) is 31.6 Å². The van der Waals surface area contributed by atoms with E-state index in [9.17, 15) is 14.4 Å². The first-order chi connectivity index (χ1) is 12.0. The van der Waals surface area contributed by atoms with Crippen molar-refractivity contribution in [2.45, 2.75) is 19.4 Å². The molecule has 0 unspecified atom stereocenters. The quantitative estimate of drug-likeness (QED) is 0.649. The minimum atomic E-state index is -0.183. The Morgan fingerprint density at radius 3 is 2.20 bits per heavy atom. The van der Waals surface area contributed by atoms with Crippen molar-refractivity contribution in [3.05, 3.63) is 47.5 Å². The van der Waals surface area contributed by atoms with Crippen molar-refractivity contribution in [2.24, 2.45) is 11.8 Å². The minimum absolute atomic E-state index is 0.0545. The van der Waals surface area contributed by atoms with Crippen LogP contribution in [0.5, 0.6) is 0 Å². The maximum Gasteiger partial charge on any atom is 0.251 e. The van der Waals surface area contributed by atoms with Crippen molar-refractivity contribution in [2.75, 3.05) is 20.8 Å². The van der Waals surface area contributed by atoms with Gasteiger partial charge < -0.3 is 5.32 Å². The molecule has 3 rings (SSSR count). The molecule has 2 aliphatic rings. The number of carbonyl (C=O) groups is 3. The number of benzene rings is 1. The fourth-order valence-corrected chi connectivity index (χ4v) is 3.52. The van der Waals surface area contributed by atoms with Gasteiger partial charge in [0.1, 0.15) is 0 Å². The molecule has 1 N–H and O–H groups in total. The van der Waals surface area contributed by atoms with Crippen molar-refractivity contribution in [1.29, 1.82) is 0 Å². The molecule has 0 aromatic heterocycles. The van der Waals surface area contributed by atoms with Crippen LogP contribution in [0, 0.1) is 11.8 Å². The van der Waals surface area contributed by atoms with Gasteiger partial charge in [-0.25, -0.2) is 0 Å². The van der Waals surface area contributed by atoms with Gasteiger partial charge in [0.25, 0.3) is 5.91 Å². The van der Waals surface area contributed by atoms with Gasteiger partial charge in [-0.2, -0.15) is 0 Å². The van der Waals surface area contributed by atoms with E-state index in [-0.39, 0.29) is 29.6 Å². The van der Waals surface area contributed by atoms with Gasteiger partial charge in [-0.15, -0.1) is 0 Å². The Morgan fingerprint density at radius 1 is 1.12 bits per heavy atom. The number of amides is 3. The van der Waals surface area contributed by atoms with Crippen LogP contribution >= 0.6 is 0 Å². The molecule has 0 spiro atoms. The predicted molar refractivity (Wildman–Crippen MR) is 93.4 cm³/mol. The molecular weight excluding hydrogens is 318 g/mol. The smallest absolute Gasteiger partial charge is 0.251 e. The molecule has 2 atom stereocenters. The Morgan fingerprint density at radius 2 is 1.68 bits per heavy atom. The number of hydrogen-bond acceptors (Lipinski definition) is 4. The molecule has 1 aromatic rings. The molecule has 1 heterocycles. The topological polar surface area (TPSA) is 69.7 Å². The summed E-state index contributed by atoms with van der Waals surface area (Å²) in [5.41, 5.74) is 1.63. The van der Waals surface area contributed by atoms with Crippen LogP contribution < -0.4 is 5.32 Å². The number of imide groups is 1. The molecule has 0 saturated carbocycles. The van der Waals surface area contributed by atoms with Gasteiger partial charge in [-0.1, -0.05) is 24.3 Å². The summed E-state index contributed by atoms with van der Waals surface area (Å²) in [6.07, 6.45) is 5.31. The maximum atomic E-state index is 12.5. The molecule has 1 saturated heterocycles. The molecule has 3 amide bonds. The Bertz CT molecular complexity index is 685. The third-order valence-electron chi connectivity index (χ3n) is 4.88. The number of nitrogens with one attached hydrogen (secondary N) is 1. The van der Waals surface area contributed by atoms with Crippen LogP contribution in [0.3, 0.4) is 0 Å². The highest BCUT2D eigenvalue weighted by Crippen LogP contribution is 2.35. The van der Waals surface area contributed by atoms with E-state index in [1.807, 2.05) is 36.2 Å². The summed E-state index contributed by atoms with van der Waals surface area (Å²) in [5.74, 6) is -0.595. The highest BCUT2D eigenvalue weighted by atomic mass is 16.2. The van der Waals surface area contributed by atoms with Gasteiger partial charge in [0.15, 0.2) is 0 Å². The summed E-state index contributed by atoms with van der Waals surface area (Å²) in [5, 5.41) is 2.59. The average Bonchev–Trinajstić information content (AvgIpc) is 2.87. The van der Waals surface area contributed by atoms with Crippen molar-refractivity contribution < 1.29 is 14.4 Å². The van der Waals surface area contributed by atoms with Gasteiger partial charge in [0.2, 0.25) is 11.8 Å². The molecule has 1 aliphatic heterocycles. The summed E-state index contributed by atoms with van der Waals surface area (Å²) in [6.45, 7) is 0.889. The molecule has 25 heavy (non-hydrogen) atoms. The Kier molecular flexibility index (Phi) is 4.99. The fraction of sp³-hybridized carbons (Fsp3) is 0.421. The Labute approximate surface area is 147 Å². The van der Waals surface area contributed by atoms with Gasteiger partial charge >= 0.3 is 0 Å². The average molecular weight is 341 g/mol. The Balaban J connectivity index is 1.61. The molecule has 6 nitrogen and oxygen atoms in total. The van der Waals surface area contributed by atoms with Gasteiger partial charge in [0.05, 0.1) is 18.5 Å². The normalized spacial score (nSPS) is 22.4. The minimum Gasteiger partial charge on any atom is -0.355 e. The number of likely N-dealkylation sites (tertiary alicyclic amines) is 1. The zero-order valence-corrected chi connectivity index (χ0v) is 14.6. The van der Waals surface area contributed by atoms with Crippen LogP contribution in [0.15, 0.2) is 36.4 Å². The second kappa shape index (κ2) is 7.19. The van der Waals surface area contributed by atoms with Crippen molar-refractivity contribution in [1.82, 2.24) is 15.1 Å². The third-order valence-corrected chi connectivity index (χ3v) is 4.88. The van der Waals surface area contributed by atoms with E-state index in [1.165, 1.54) is 4.90 Å². The van der Waals surface area contributed by atoms with Gasteiger partial charge in [0, 0.05) is 19.2 Å². The van der Waals surface area contributed by atoms with Crippen molar-refractivity contribution in [3.63, 3.8) is 0 Å². The number of carbonyl (C=O) groups excluding carboxylic acids is 3.